The summed E-state index contributed by atoms with van der Waals surface area (Å²) in [5, 5.41) is 0. The van der Waals surface area contributed by atoms with Crippen molar-refractivity contribution in [3.63, 3.8) is 0 Å². The lowest BCUT2D eigenvalue weighted by Crippen LogP contribution is -2.55. The van der Waals surface area contributed by atoms with Gasteiger partial charge >= 0.3 is 11.9 Å². The van der Waals surface area contributed by atoms with Crippen molar-refractivity contribution in [1.82, 2.24) is 0 Å². The van der Waals surface area contributed by atoms with Crippen LogP contribution in [0.5, 0.6) is 0 Å². The van der Waals surface area contributed by atoms with Crippen molar-refractivity contribution >= 4 is 41.1 Å². The molecule has 254 valence electrons. The average Bonchev–Trinajstić information content (AvgIpc) is 3.87. The highest BCUT2D eigenvalue weighted by Crippen LogP contribution is 2.59. The molecule has 3 rings (SSSR count). The van der Waals surface area contributed by atoms with Gasteiger partial charge in [0.05, 0.1) is 37.4 Å². The third-order valence-corrected chi connectivity index (χ3v) is 9.95. The Bertz CT molecular complexity index is 1130. The zero-order valence-electron chi connectivity index (χ0n) is 27.9. The second-order valence-corrected chi connectivity index (χ2v) is 14.8. The molecule has 0 amide bonds. The average molecular weight is 655 g/mol. The highest BCUT2D eigenvalue weighted by Gasteiger charge is 2.72. The Balaban J connectivity index is 1.47. The van der Waals surface area contributed by atoms with Crippen LogP contribution in [0.15, 0.2) is 11.6 Å². The van der Waals surface area contributed by atoms with Gasteiger partial charge in [-0.15, -0.1) is 0 Å². The maximum Gasteiger partial charge on any atom is 0.313 e. The number of thioether (sulfide) groups is 1. The van der Waals surface area contributed by atoms with Gasteiger partial charge in [0.25, 0.3) is 0 Å². The molecule has 45 heavy (non-hydrogen) atoms. The van der Waals surface area contributed by atoms with Crippen LogP contribution in [-0.2, 0) is 52.4 Å². The molecule has 1 spiro atoms. The summed E-state index contributed by atoms with van der Waals surface area (Å²) >= 11 is 1.14. The lowest BCUT2D eigenvalue weighted by molar-refractivity contribution is -0.172. The normalized spacial score (nSPS) is 29.4. The Morgan fingerprint density at radius 2 is 1.76 bits per heavy atom. The minimum absolute atomic E-state index is 0.0264. The molecule has 2 saturated heterocycles. The monoisotopic (exact) mass is 654 g/mol. The predicted molar refractivity (Wildman–Crippen MR) is 167 cm³/mol. The molecule has 11 nitrogen and oxygen atoms in total. The predicted octanol–water partition coefficient (Wildman–Crippen LogP) is 3.68. The van der Waals surface area contributed by atoms with E-state index in [2.05, 4.69) is 26.8 Å². The number of ketones is 3. The first-order valence-electron chi connectivity index (χ1n) is 15.5. The summed E-state index contributed by atoms with van der Waals surface area (Å²) in [7, 11) is 2.82. The Labute approximate surface area is 270 Å². The molecule has 0 aromatic carbocycles. The molecule has 0 radical (unpaired) electrons. The first kappa shape index (κ1) is 37.3. The van der Waals surface area contributed by atoms with E-state index in [9.17, 15) is 24.0 Å². The zero-order chi connectivity index (χ0) is 33.6. The number of ether oxygens (including phenoxy) is 6. The molecule has 0 unspecified atom stereocenters. The molecular weight excluding hydrogens is 604 g/mol. The van der Waals surface area contributed by atoms with Crippen LogP contribution in [0.2, 0.25) is 0 Å². The van der Waals surface area contributed by atoms with E-state index >= 15 is 0 Å². The largest absolute Gasteiger partial charge is 0.469 e. The molecule has 0 aromatic heterocycles. The number of hydrogen-bond donors (Lipinski definition) is 0. The van der Waals surface area contributed by atoms with Gasteiger partial charge in [-0.05, 0) is 40.0 Å². The number of carbonyl (C=O) groups excluding carboxylic acids is 5. The SMILES string of the molecule is COC(=O)[C@H](CSCC(=O)CC(=O)O[C@@H]1CC[C@]2(CO2)[C@@H]([C@@]2(C)O[C@@H]2CC=C(C)C)[C@@H]1OC)CC(=O)COCC(=O)C(C)(C)C. The molecule has 2 aliphatic heterocycles. The van der Waals surface area contributed by atoms with Crippen LogP contribution in [0.4, 0.5) is 0 Å². The maximum absolute atomic E-state index is 12.8. The van der Waals surface area contributed by atoms with E-state index in [1.165, 1.54) is 12.7 Å². The van der Waals surface area contributed by atoms with E-state index in [0.29, 0.717) is 19.4 Å². The quantitative estimate of drug-likeness (QED) is 0.0919. The molecule has 0 bridgehead atoms. The van der Waals surface area contributed by atoms with E-state index in [0.717, 1.165) is 18.2 Å². The van der Waals surface area contributed by atoms with Crippen LogP contribution in [-0.4, -0.2) is 104 Å². The van der Waals surface area contributed by atoms with Gasteiger partial charge in [-0.3, -0.25) is 24.0 Å². The molecule has 2 heterocycles. The van der Waals surface area contributed by atoms with Crippen molar-refractivity contribution < 1.29 is 52.4 Å². The van der Waals surface area contributed by atoms with Gasteiger partial charge in [0.1, 0.15) is 43.0 Å². The molecule has 3 fully saturated rings. The molecular formula is C33H50O11S. The van der Waals surface area contributed by atoms with Crippen LogP contribution >= 0.6 is 11.8 Å². The third-order valence-electron chi connectivity index (χ3n) is 8.78. The molecule has 12 heteroatoms. The lowest BCUT2D eigenvalue weighted by Gasteiger charge is -2.42. The summed E-state index contributed by atoms with van der Waals surface area (Å²) in [6.45, 7) is 11.6. The van der Waals surface area contributed by atoms with Crippen LogP contribution in [0.25, 0.3) is 0 Å². The molecule has 0 aromatic rings. The lowest BCUT2D eigenvalue weighted by atomic mass is 9.68. The zero-order valence-corrected chi connectivity index (χ0v) is 28.8. The van der Waals surface area contributed by atoms with E-state index in [1.807, 2.05) is 0 Å². The van der Waals surface area contributed by atoms with Crippen molar-refractivity contribution in [1.29, 1.82) is 0 Å². The topological polar surface area (TPSA) is 147 Å². The van der Waals surface area contributed by atoms with Gasteiger partial charge in [0.2, 0.25) is 0 Å². The number of epoxide rings is 2. The minimum atomic E-state index is -0.792. The highest BCUT2D eigenvalue weighted by molar-refractivity contribution is 7.99. The van der Waals surface area contributed by atoms with Crippen LogP contribution < -0.4 is 0 Å². The summed E-state index contributed by atoms with van der Waals surface area (Å²) in [5.41, 5.74) is -0.173. The van der Waals surface area contributed by atoms with Crippen molar-refractivity contribution in [3.05, 3.63) is 11.6 Å². The molecule has 1 aliphatic carbocycles. The number of Topliss-reactive ketones (excluding diaryl/α,β-unsaturated/α-hetero) is 3. The molecule has 1 saturated carbocycles. The van der Waals surface area contributed by atoms with Crippen LogP contribution in [0.1, 0.15) is 73.6 Å². The van der Waals surface area contributed by atoms with E-state index in [1.54, 1.807) is 27.9 Å². The second kappa shape index (κ2) is 15.6. The van der Waals surface area contributed by atoms with Crippen molar-refractivity contribution in [2.45, 2.75) is 103 Å². The maximum atomic E-state index is 12.8. The second-order valence-electron chi connectivity index (χ2n) is 13.8. The summed E-state index contributed by atoms with van der Waals surface area (Å²) in [4.78, 5) is 62.1. The Hall–Kier alpha value is -2.12. The van der Waals surface area contributed by atoms with Crippen LogP contribution in [0, 0.1) is 17.3 Å². The van der Waals surface area contributed by atoms with Crippen molar-refractivity contribution in [2.24, 2.45) is 17.3 Å². The first-order valence-corrected chi connectivity index (χ1v) is 16.7. The number of esters is 2. The standard InChI is InChI=1S/C33H50O11S/c1-20(2)9-10-26-32(6,44-26)29-28(39-7)24(11-12-33(29)19-42-33)43-27(37)14-23(35)18-45-17-21(30(38)40-8)13-22(34)15-41-16-25(36)31(3,4)5/h9,21,24,26,28-29H,10-19H2,1-8H3/t21-,24+,26+,28+,29+,32-,33-/m0/s1. The fourth-order valence-corrected chi connectivity index (χ4v) is 6.98. The number of methoxy groups -OCH3 is 2. The summed E-state index contributed by atoms with van der Waals surface area (Å²) in [6, 6.07) is 0. The van der Waals surface area contributed by atoms with Gasteiger partial charge in [-0.25, -0.2) is 0 Å². The molecule has 7 atom stereocenters. The van der Waals surface area contributed by atoms with E-state index in [4.69, 9.17) is 28.4 Å². The van der Waals surface area contributed by atoms with Gasteiger partial charge in [0, 0.05) is 24.7 Å². The highest BCUT2D eigenvalue weighted by atomic mass is 32.2. The number of hydrogen-bond acceptors (Lipinski definition) is 12. The number of carbonyl (C=O) groups is 5. The molecule has 3 aliphatic rings. The van der Waals surface area contributed by atoms with Crippen LogP contribution in [0.3, 0.4) is 0 Å². The number of rotatable bonds is 18. The van der Waals surface area contributed by atoms with Crippen molar-refractivity contribution in [3.8, 4) is 0 Å². The Morgan fingerprint density at radius 1 is 1.07 bits per heavy atom. The summed E-state index contributed by atoms with van der Waals surface area (Å²) in [5.74, 6) is -2.87. The van der Waals surface area contributed by atoms with E-state index in [-0.39, 0.29) is 66.1 Å². The third kappa shape index (κ3) is 10.2. The van der Waals surface area contributed by atoms with Crippen molar-refractivity contribution in [2.75, 3.05) is 45.5 Å². The van der Waals surface area contributed by atoms with Gasteiger partial charge < -0.3 is 28.4 Å². The van der Waals surface area contributed by atoms with Gasteiger partial charge in [0.15, 0.2) is 17.3 Å². The van der Waals surface area contributed by atoms with Gasteiger partial charge in [-0.1, -0.05) is 32.4 Å². The Kier molecular flexibility index (Phi) is 13.0. The Morgan fingerprint density at radius 3 is 2.33 bits per heavy atom. The fraction of sp³-hybridized carbons (Fsp3) is 0.788. The van der Waals surface area contributed by atoms with Gasteiger partial charge in [-0.2, -0.15) is 11.8 Å². The fourth-order valence-electron chi connectivity index (χ4n) is 5.99. The minimum Gasteiger partial charge on any atom is -0.469 e. The first-order chi connectivity index (χ1) is 21.1. The summed E-state index contributed by atoms with van der Waals surface area (Å²) < 4.78 is 33.9. The summed E-state index contributed by atoms with van der Waals surface area (Å²) in [6.07, 6.45) is 2.69. The van der Waals surface area contributed by atoms with E-state index < -0.39 is 47.5 Å². The molecule has 0 N–H and O–H groups in total. The smallest absolute Gasteiger partial charge is 0.313 e. The number of allylic oxidation sites excluding steroid dienone is 1.